The van der Waals surface area contributed by atoms with E-state index in [0.717, 1.165) is 11.0 Å². The molecule has 8 nitrogen and oxygen atoms in total. The number of anilines is 1. The van der Waals surface area contributed by atoms with Gasteiger partial charge in [0.25, 0.3) is 5.91 Å². The summed E-state index contributed by atoms with van der Waals surface area (Å²) in [7, 11) is 0. The summed E-state index contributed by atoms with van der Waals surface area (Å²) in [5, 5.41) is 8.49. The summed E-state index contributed by atoms with van der Waals surface area (Å²) < 4.78 is 0. The SMILES string of the molecule is CC(C)[C@@H](NC(=O)CC[C@H]1NC(=O)c2ccccc2NC1=O)c1nc2ccccc2[nH]1. The van der Waals surface area contributed by atoms with E-state index in [1.165, 1.54) is 0 Å². The number of fused-ring (bicyclic) bond motifs is 2. The Morgan fingerprint density at radius 1 is 1.10 bits per heavy atom. The van der Waals surface area contributed by atoms with Crippen molar-refractivity contribution in [1.29, 1.82) is 0 Å². The Bertz CT molecular complexity index is 1100. The minimum atomic E-state index is -0.783. The Morgan fingerprint density at radius 2 is 1.84 bits per heavy atom. The molecule has 3 amide bonds. The van der Waals surface area contributed by atoms with E-state index in [0.29, 0.717) is 17.1 Å². The molecule has 31 heavy (non-hydrogen) atoms. The van der Waals surface area contributed by atoms with Crippen LogP contribution < -0.4 is 16.0 Å². The zero-order valence-electron chi connectivity index (χ0n) is 17.4. The lowest BCUT2D eigenvalue weighted by atomic mass is 10.0. The summed E-state index contributed by atoms with van der Waals surface area (Å²) >= 11 is 0. The van der Waals surface area contributed by atoms with Gasteiger partial charge >= 0.3 is 0 Å². The molecular weight excluding hydrogens is 394 g/mol. The molecule has 0 bridgehead atoms. The first-order valence-electron chi connectivity index (χ1n) is 10.4. The first-order valence-corrected chi connectivity index (χ1v) is 10.4. The largest absolute Gasteiger partial charge is 0.346 e. The summed E-state index contributed by atoms with van der Waals surface area (Å²) in [5.74, 6) is -0.0612. The Morgan fingerprint density at radius 3 is 2.61 bits per heavy atom. The lowest BCUT2D eigenvalue weighted by molar-refractivity contribution is -0.122. The Hall–Kier alpha value is -3.68. The van der Waals surface area contributed by atoms with Crippen LogP contribution in [-0.2, 0) is 9.59 Å². The lowest BCUT2D eigenvalue weighted by Gasteiger charge is -2.21. The highest BCUT2D eigenvalue weighted by Crippen LogP contribution is 2.23. The number of hydrogen-bond acceptors (Lipinski definition) is 4. The highest BCUT2D eigenvalue weighted by molar-refractivity contribution is 6.09. The van der Waals surface area contributed by atoms with Crippen molar-refractivity contribution in [2.24, 2.45) is 5.92 Å². The minimum absolute atomic E-state index is 0.0954. The number of H-pyrrole nitrogens is 1. The second kappa shape index (κ2) is 8.59. The van der Waals surface area contributed by atoms with E-state index in [1.807, 2.05) is 38.1 Å². The number of nitrogens with one attached hydrogen (secondary N) is 4. The molecular formula is C23H25N5O3. The maximum atomic E-state index is 12.7. The Kier molecular flexibility index (Phi) is 5.70. The molecule has 0 saturated heterocycles. The number of amides is 3. The van der Waals surface area contributed by atoms with E-state index in [4.69, 9.17) is 0 Å². The predicted molar refractivity (Wildman–Crippen MR) is 117 cm³/mol. The van der Waals surface area contributed by atoms with Crippen molar-refractivity contribution in [1.82, 2.24) is 20.6 Å². The van der Waals surface area contributed by atoms with Gasteiger partial charge in [-0.15, -0.1) is 0 Å². The third-order valence-corrected chi connectivity index (χ3v) is 5.40. The molecule has 0 radical (unpaired) electrons. The molecule has 2 atom stereocenters. The van der Waals surface area contributed by atoms with Crippen molar-refractivity contribution < 1.29 is 14.4 Å². The van der Waals surface area contributed by atoms with Gasteiger partial charge in [-0.05, 0) is 36.6 Å². The summed E-state index contributed by atoms with van der Waals surface area (Å²) in [6.07, 6.45) is 0.292. The molecule has 3 aromatic rings. The number of imidazole rings is 1. The average molecular weight is 419 g/mol. The first kappa shape index (κ1) is 20.6. The normalized spacial score (nSPS) is 16.9. The van der Waals surface area contributed by atoms with Crippen molar-refractivity contribution in [3.8, 4) is 0 Å². The quantitative estimate of drug-likeness (QED) is 0.492. The van der Waals surface area contributed by atoms with Gasteiger partial charge in [0.2, 0.25) is 11.8 Å². The van der Waals surface area contributed by atoms with Gasteiger partial charge in [0.1, 0.15) is 11.9 Å². The molecule has 1 aromatic heterocycles. The van der Waals surface area contributed by atoms with Gasteiger partial charge < -0.3 is 20.9 Å². The van der Waals surface area contributed by atoms with Crippen LogP contribution in [0.1, 0.15) is 48.9 Å². The number of benzene rings is 2. The van der Waals surface area contributed by atoms with Crippen LogP contribution in [0, 0.1) is 5.92 Å². The maximum Gasteiger partial charge on any atom is 0.254 e. The van der Waals surface area contributed by atoms with Crippen molar-refractivity contribution in [3.63, 3.8) is 0 Å². The van der Waals surface area contributed by atoms with E-state index in [2.05, 4.69) is 25.9 Å². The van der Waals surface area contributed by atoms with Gasteiger partial charge in [-0.2, -0.15) is 0 Å². The van der Waals surface area contributed by atoms with Crippen molar-refractivity contribution in [2.45, 2.75) is 38.8 Å². The maximum absolute atomic E-state index is 12.7. The zero-order valence-corrected chi connectivity index (χ0v) is 17.4. The van der Waals surface area contributed by atoms with Gasteiger partial charge in [-0.1, -0.05) is 38.1 Å². The van der Waals surface area contributed by atoms with E-state index in [-0.39, 0.29) is 42.5 Å². The number of hydrogen-bond donors (Lipinski definition) is 4. The molecule has 1 aliphatic rings. The van der Waals surface area contributed by atoms with E-state index >= 15 is 0 Å². The molecule has 4 rings (SSSR count). The molecule has 4 N–H and O–H groups in total. The van der Waals surface area contributed by atoms with Crippen molar-refractivity contribution in [3.05, 3.63) is 59.9 Å². The smallest absolute Gasteiger partial charge is 0.254 e. The number of nitrogens with zero attached hydrogens (tertiary/aromatic N) is 1. The number of carbonyl (C=O) groups is 3. The third kappa shape index (κ3) is 4.42. The molecule has 0 unspecified atom stereocenters. The van der Waals surface area contributed by atoms with Gasteiger partial charge in [0.15, 0.2) is 0 Å². The molecule has 0 aliphatic carbocycles. The number of rotatable bonds is 6. The summed E-state index contributed by atoms with van der Waals surface area (Å²) in [4.78, 5) is 45.5. The molecule has 0 fully saturated rings. The zero-order chi connectivity index (χ0) is 22.0. The van der Waals surface area contributed by atoms with Crippen LogP contribution in [-0.4, -0.2) is 33.7 Å². The second-order valence-corrected chi connectivity index (χ2v) is 8.03. The number of aromatic amines is 1. The van der Waals surface area contributed by atoms with Crippen molar-refractivity contribution >= 4 is 34.4 Å². The molecule has 2 aromatic carbocycles. The molecule has 8 heteroatoms. The van der Waals surface area contributed by atoms with E-state index in [9.17, 15) is 14.4 Å². The third-order valence-electron chi connectivity index (χ3n) is 5.40. The average Bonchev–Trinajstić information content (AvgIpc) is 3.13. The van der Waals surface area contributed by atoms with Crippen LogP contribution in [0.4, 0.5) is 5.69 Å². The summed E-state index contributed by atoms with van der Waals surface area (Å²) in [6.45, 7) is 4.02. The van der Waals surface area contributed by atoms with Crippen LogP contribution in [0.15, 0.2) is 48.5 Å². The monoisotopic (exact) mass is 419 g/mol. The highest BCUT2D eigenvalue weighted by Gasteiger charge is 2.28. The fourth-order valence-electron chi connectivity index (χ4n) is 3.71. The molecule has 2 heterocycles. The molecule has 0 spiro atoms. The fraction of sp³-hybridized carbons (Fsp3) is 0.304. The van der Waals surface area contributed by atoms with Crippen LogP contribution in [0.25, 0.3) is 11.0 Å². The van der Waals surface area contributed by atoms with Gasteiger partial charge in [0.05, 0.1) is 28.3 Å². The first-order chi connectivity index (χ1) is 14.9. The van der Waals surface area contributed by atoms with E-state index < -0.39 is 6.04 Å². The van der Waals surface area contributed by atoms with E-state index in [1.54, 1.807) is 24.3 Å². The number of para-hydroxylation sites is 3. The number of aromatic nitrogens is 2. The van der Waals surface area contributed by atoms with Gasteiger partial charge in [0, 0.05) is 6.42 Å². The predicted octanol–water partition coefficient (Wildman–Crippen LogP) is 2.91. The molecule has 160 valence electrons. The van der Waals surface area contributed by atoms with Crippen molar-refractivity contribution in [2.75, 3.05) is 5.32 Å². The lowest BCUT2D eigenvalue weighted by Crippen LogP contribution is -2.42. The summed E-state index contributed by atoms with van der Waals surface area (Å²) in [5.41, 5.74) is 2.64. The second-order valence-electron chi connectivity index (χ2n) is 8.03. The van der Waals surface area contributed by atoms with Crippen LogP contribution in [0.5, 0.6) is 0 Å². The molecule has 1 aliphatic heterocycles. The van der Waals surface area contributed by atoms with Crippen LogP contribution in [0.3, 0.4) is 0 Å². The van der Waals surface area contributed by atoms with Gasteiger partial charge in [-0.3, -0.25) is 14.4 Å². The van der Waals surface area contributed by atoms with Crippen LogP contribution >= 0.6 is 0 Å². The van der Waals surface area contributed by atoms with Crippen LogP contribution in [0.2, 0.25) is 0 Å². The topological polar surface area (TPSA) is 116 Å². The highest BCUT2D eigenvalue weighted by atomic mass is 16.2. The Balaban J connectivity index is 1.41. The summed E-state index contributed by atoms with van der Waals surface area (Å²) in [6, 6.07) is 13.5. The van der Waals surface area contributed by atoms with Gasteiger partial charge in [-0.25, -0.2) is 4.98 Å². The Labute approximate surface area is 179 Å². The molecule has 0 saturated carbocycles. The number of carbonyl (C=O) groups excluding carboxylic acids is 3. The standard InChI is InChI=1S/C23H25N5O3/c1-13(2)20(21-24-16-9-5-6-10-17(16)25-21)28-19(29)12-11-18-23(31)26-15-8-4-3-7-14(15)22(30)27-18/h3-10,13,18,20H,11-12H2,1-2H3,(H,24,25)(H,26,31)(H,27,30)(H,28,29)/t18-,20-/m1/s1. The fourth-order valence-corrected chi connectivity index (χ4v) is 3.71. The minimum Gasteiger partial charge on any atom is -0.346 e.